The number of carbonyl (C=O) groups excluding carboxylic acids is 2. The van der Waals surface area contributed by atoms with E-state index in [1.807, 2.05) is 20.8 Å². The highest BCUT2D eigenvalue weighted by molar-refractivity contribution is 5.87. The minimum Gasteiger partial charge on any atom is -0.493 e. The average molecular weight is 306 g/mol. The number of hydrogen-bond donors (Lipinski definition) is 0. The lowest BCUT2D eigenvalue weighted by atomic mass is 9.91. The first-order valence-corrected chi connectivity index (χ1v) is 6.88. The van der Waals surface area contributed by atoms with E-state index in [0.29, 0.717) is 11.5 Å². The molecule has 1 rings (SSSR count). The third-order valence-electron chi connectivity index (χ3n) is 3.00. The van der Waals surface area contributed by atoms with Gasteiger partial charge in [-0.05, 0) is 23.8 Å². The summed E-state index contributed by atoms with van der Waals surface area (Å²) < 4.78 is 15.3. The molecular weight excluding hydrogens is 284 g/mol. The maximum absolute atomic E-state index is 11.9. The van der Waals surface area contributed by atoms with Crippen LogP contribution >= 0.6 is 0 Å². The summed E-state index contributed by atoms with van der Waals surface area (Å²) in [5, 5.41) is 0. The van der Waals surface area contributed by atoms with Crippen LogP contribution in [0.2, 0.25) is 0 Å². The highest BCUT2D eigenvalue weighted by Crippen LogP contribution is 2.29. The first kappa shape index (κ1) is 17.8. The van der Waals surface area contributed by atoms with Crippen molar-refractivity contribution in [2.24, 2.45) is 5.41 Å². The monoisotopic (exact) mass is 306 g/mol. The van der Waals surface area contributed by atoms with Gasteiger partial charge in [0.15, 0.2) is 17.3 Å². The summed E-state index contributed by atoms with van der Waals surface area (Å²) in [4.78, 5) is 23.0. The van der Waals surface area contributed by atoms with E-state index >= 15 is 0 Å². The molecule has 0 aliphatic heterocycles. The molecule has 0 aliphatic rings. The van der Waals surface area contributed by atoms with Gasteiger partial charge in [-0.3, -0.25) is 4.79 Å². The minimum absolute atomic E-state index is 0.00390. The van der Waals surface area contributed by atoms with Crippen molar-refractivity contribution in [3.63, 3.8) is 0 Å². The molecule has 0 N–H and O–H groups in total. The molecule has 0 atom stereocenters. The van der Waals surface area contributed by atoms with E-state index in [4.69, 9.17) is 9.47 Å². The fourth-order valence-corrected chi connectivity index (χ4v) is 1.50. The zero-order valence-electron chi connectivity index (χ0n) is 13.6. The molecule has 0 unspecified atom stereocenters. The molecular formula is C17H22O5. The van der Waals surface area contributed by atoms with Gasteiger partial charge in [-0.1, -0.05) is 26.8 Å². The predicted octanol–water partition coefficient (Wildman–Crippen LogP) is 2.88. The van der Waals surface area contributed by atoms with Gasteiger partial charge in [0.2, 0.25) is 0 Å². The summed E-state index contributed by atoms with van der Waals surface area (Å²) >= 11 is 0. The van der Waals surface area contributed by atoms with Crippen LogP contribution in [0.5, 0.6) is 11.5 Å². The number of methoxy groups -OCH3 is 2. The van der Waals surface area contributed by atoms with Gasteiger partial charge in [0.1, 0.15) is 6.61 Å². The largest absolute Gasteiger partial charge is 0.493 e. The highest BCUT2D eigenvalue weighted by atomic mass is 16.5. The van der Waals surface area contributed by atoms with Crippen LogP contribution in [0.1, 0.15) is 26.3 Å². The molecule has 1 aromatic carbocycles. The lowest BCUT2D eigenvalue weighted by Gasteiger charge is -2.17. The Morgan fingerprint density at radius 2 is 1.82 bits per heavy atom. The van der Waals surface area contributed by atoms with Crippen LogP contribution in [-0.4, -0.2) is 32.6 Å². The molecule has 22 heavy (non-hydrogen) atoms. The minimum atomic E-state index is -0.448. The van der Waals surface area contributed by atoms with Crippen LogP contribution in [-0.2, 0) is 14.3 Å². The summed E-state index contributed by atoms with van der Waals surface area (Å²) in [6.45, 7) is 5.51. The Hall–Kier alpha value is -2.30. The Bertz CT molecular complexity index is 567. The van der Waals surface area contributed by atoms with E-state index in [1.54, 1.807) is 24.3 Å². The number of esters is 1. The molecule has 0 radical (unpaired) electrons. The molecule has 0 aliphatic carbocycles. The quantitative estimate of drug-likeness (QED) is 0.597. The van der Waals surface area contributed by atoms with E-state index in [2.05, 4.69) is 4.74 Å². The van der Waals surface area contributed by atoms with Crippen molar-refractivity contribution in [2.45, 2.75) is 20.8 Å². The van der Waals surface area contributed by atoms with E-state index in [-0.39, 0.29) is 12.4 Å². The first-order valence-electron chi connectivity index (χ1n) is 6.88. The third-order valence-corrected chi connectivity index (χ3v) is 3.00. The molecule has 0 bridgehead atoms. The van der Waals surface area contributed by atoms with Crippen molar-refractivity contribution in [3.05, 3.63) is 29.8 Å². The smallest absolute Gasteiger partial charge is 0.330 e. The molecule has 5 nitrogen and oxygen atoms in total. The Morgan fingerprint density at radius 1 is 1.14 bits per heavy atom. The third kappa shape index (κ3) is 5.24. The van der Waals surface area contributed by atoms with E-state index in [9.17, 15) is 9.59 Å². The number of ether oxygens (including phenoxy) is 3. The SMILES string of the molecule is COC(=O)/C=C/c1ccc(OCC(=O)C(C)(C)C)c(OC)c1. The zero-order valence-corrected chi connectivity index (χ0v) is 13.6. The Morgan fingerprint density at radius 3 is 2.36 bits per heavy atom. The summed E-state index contributed by atoms with van der Waals surface area (Å²) in [5.74, 6) is 0.545. The van der Waals surface area contributed by atoms with Crippen LogP contribution in [0, 0.1) is 5.41 Å². The maximum Gasteiger partial charge on any atom is 0.330 e. The summed E-state index contributed by atoms with van der Waals surface area (Å²) in [6, 6.07) is 5.18. The van der Waals surface area contributed by atoms with Gasteiger partial charge < -0.3 is 14.2 Å². The van der Waals surface area contributed by atoms with Crippen molar-refractivity contribution in [2.75, 3.05) is 20.8 Å². The number of Topliss-reactive ketones (excluding diaryl/α,β-unsaturated/α-hetero) is 1. The molecule has 0 spiro atoms. The van der Waals surface area contributed by atoms with Crippen molar-refractivity contribution < 1.29 is 23.8 Å². The summed E-state index contributed by atoms with van der Waals surface area (Å²) in [5.41, 5.74) is 0.313. The van der Waals surface area contributed by atoms with Crippen LogP contribution in [0.25, 0.3) is 6.08 Å². The van der Waals surface area contributed by atoms with Crippen LogP contribution in [0.4, 0.5) is 0 Å². The van der Waals surface area contributed by atoms with Gasteiger partial charge in [0.05, 0.1) is 14.2 Å². The Kier molecular flexibility index (Phi) is 6.16. The van der Waals surface area contributed by atoms with Crippen LogP contribution in [0.15, 0.2) is 24.3 Å². The van der Waals surface area contributed by atoms with Gasteiger partial charge >= 0.3 is 5.97 Å². The number of benzene rings is 1. The van der Waals surface area contributed by atoms with Crippen molar-refractivity contribution in [1.82, 2.24) is 0 Å². The molecule has 1 aromatic rings. The highest BCUT2D eigenvalue weighted by Gasteiger charge is 2.22. The lowest BCUT2D eigenvalue weighted by molar-refractivity contribution is -0.134. The molecule has 0 fully saturated rings. The number of rotatable bonds is 6. The molecule has 0 aromatic heterocycles. The van der Waals surface area contributed by atoms with E-state index in [0.717, 1.165) is 5.56 Å². The van der Waals surface area contributed by atoms with Crippen molar-refractivity contribution >= 4 is 17.8 Å². The summed E-state index contributed by atoms with van der Waals surface area (Å²) in [7, 11) is 2.83. The Labute approximate surface area is 130 Å². The van der Waals surface area contributed by atoms with Gasteiger partial charge in [0, 0.05) is 11.5 Å². The zero-order chi connectivity index (χ0) is 16.8. The Balaban J connectivity index is 2.83. The fourth-order valence-electron chi connectivity index (χ4n) is 1.50. The standard InChI is InChI=1S/C17H22O5/c1-17(2,3)15(18)11-22-13-8-6-12(10-14(13)20-4)7-9-16(19)21-5/h6-10H,11H2,1-5H3/b9-7+. The van der Waals surface area contributed by atoms with Crippen molar-refractivity contribution in [3.8, 4) is 11.5 Å². The van der Waals surface area contributed by atoms with Gasteiger partial charge in [0.25, 0.3) is 0 Å². The molecule has 0 saturated heterocycles. The second kappa shape index (κ2) is 7.64. The average Bonchev–Trinajstić information content (AvgIpc) is 2.49. The van der Waals surface area contributed by atoms with E-state index < -0.39 is 11.4 Å². The van der Waals surface area contributed by atoms with Crippen molar-refractivity contribution in [1.29, 1.82) is 0 Å². The maximum atomic E-state index is 11.9. The first-order chi connectivity index (χ1) is 10.3. The fraction of sp³-hybridized carbons (Fsp3) is 0.412. The number of ketones is 1. The number of hydrogen-bond acceptors (Lipinski definition) is 5. The number of carbonyl (C=O) groups is 2. The molecule has 5 heteroatoms. The van der Waals surface area contributed by atoms with Gasteiger partial charge in [-0.15, -0.1) is 0 Å². The molecule has 0 amide bonds. The normalized spacial score (nSPS) is 11.3. The second-order valence-electron chi connectivity index (χ2n) is 5.73. The topological polar surface area (TPSA) is 61.8 Å². The molecule has 120 valence electrons. The van der Waals surface area contributed by atoms with E-state index in [1.165, 1.54) is 20.3 Å². The molecule has 0 saturated carbocycles. The second-order valence-corrected chi connectivity index (χ2v) is 5.73. The van der Waals surface area contributed by atoms with Gasteiger partial charge in [-0.2, -0.15) is 0 Å². The van der Waals surface area contributed by atoms with Crippen LogP contribution in [0.3, 0.4) is 0 Å². The summed E-state index contributed by atoms with van der Waals surface area (Å²) in [6.07, 6.45) is 2.93. The predicted molar refractivity (Wildman–Crippen MR) is 84.0 cm³/mol. The molecule has 0 heterocycles. The van der Waals surface area contributed by atoms with Crippen LogP contribution < -0.4 is 9.47 Å². The lowest BCUT2D eigenvalue weighted by Crippen LogP contribution is -2.26. The van der Waals surface area contributed by atoms with Gasteiger partial charge in [-0.25, -0.2) is 4.79 Å².